The molecule has 0 bridgehead atoms. The lowest BCUT2D eigenvalue weighted by Gasteiger charge is -2.13. The quantitative estimate of drug-likeness (QED) is 0.652. The Bertz CT molecular complexity index is 614. The molecule has 1 heterocycles. The number of nitrogens with zero attached hydrogens (tertiary/aromatic N) is 2. The lowest BCUT2D eigenvalue weighted by molar-refractivity contribution is -0.385. The summed E-state index contributed by atoms with van der Waals surface area (Å²) >= 11 is 0. The average Bonchev–Trinajstić information content (AvgIpc) is 2.48. The van der Waals surface area contributed by atoms with E-state index in [1.165, 1.54) is 18.2 Å². The topological polar surface area (TPSA) is 85.5 Å². The molecular weight excluding hydrogens is 272 g/mol. The highest BCUT2D eigenvalue weighted by molar-refractivity contribution is 5.44. The molecule has 1 atom stereocenters. The van der Waals surface area contributed by atoms with Crippen molar-refractivity contribution in [3.8, 4) is 5.75 Å². The summed E-state index contributed by atoms with van der Waals surface area (Å²) in [5.74, 6) is 0.458. The maximum Gasteiger partial charge on any atom is 0.270 e. The minimum Gasteiger partial charge on any atom is -0.493 e. The average molecular weight is 288 g/mol. The molecule has 0 saturated carbocycles. The molecular formula is C15H16N2O4. The van der Waals surface area contributed by atoms with Gasteiger partial charge in [0, 0.05) is 36.5 Å². The van der Waals surface area contributed by atoms with Crippen LogP contribution in [0.25, 0.3) is 0 Å². The molecule has 0 saturated heterocycles. The van der Waals surface area contributed by atoms with E-state index in [9.17, 15) is 15.2 Å². The first-order chi connectivity index (χ1) is 10.1. The zero-order chi connectivity index (χ0) is 15.2. The molecule has 2 rings (SSSR count). The summed E-state index contributed by atoms with van der Waals surface area (Å²) in [5.41, 5.74) is 1.39. The summed E-state index contributed by atoms with van der Waals surface area (Å²) in [6, 6.07) is 8.02. The zero-order valence-electron chi connectivity index (χ0n) is 11.6. The SMILES string of the molecule is C[C@@H](O)c1cc([N+](=O)[O-])ccc1OCCc1cccnc1. The number of aliphatic hydroxyl groups is 1. The number of non-ortho nitro benzene ring substituents is 1. The molecule has 0 fully saturated rings. The van der Waals surface area contributed by atoms with E-state index < -0.39 is 11.0 Å². The number of benzene rings is 1. The molecule has 110 valence electrons. The van der Waals surface area contributed by atoms with E-state index in [0.29, 0.717) is 24.3 Å². The minimum absolute atomic E-state index is 0.0643. The molecule has 0 unspecified atom stereocenters. The van der Waals surface area contributed by atoms with Crippen LogP contribution in [0, 0.1) is 10.1 Å². The molecule has 0 amide bonds. The van der Waals surface area contributed by atoms with E-state index in [-0.39, 0.29) is 5.69 Å². The van der Waals surface area contributed by atoms with Crippen molar-refractivity contribution in [3.05, 3.63) is 64.0 Å². The Hall–Kier alpha value is -2.47. The van der Waals surface area contributed by atoms with Gasteiger partial charge in [0.2, 0.25) is 0 Å². The monoisotopic (exact) mass is 288 g/mol. The number of nitro groups is 1. The summed E-state index contributed by atoms with van der Waals surface area (Å²) in [6.45, 7) is 1.95. The third-order valence-corrected chi connectivity index (χ3v) is 3.03. The van der Waals surface area contributed by atoms with Gasteiger partial charge in [-0.25, -0.2) is 0 Å². The van der Waals surface area contributed by atoms with Crippen LogP contribution >= 0.6 is 0 Å². The molecule has 0 spiro atoms. The van der Waals surface area contributed by atoms with E-state index in [2.05, 4.69) is 4.98 Å². The maximum absolute atomic E-state index is 10.8. The highest BCUT2D eigenvalue weighted by atomic mass is 16.6. The summed E-state index contributed by atoms with van der Waals surface area (Å²) in [4.78, 5) is 14.3. The molecule has 1 aromatic heterocycles. The number of pyridine rings is 1. The number of hydrogen-bond donors (Lipinski definition) is 1. The van der Waals surface area contributed by atoms with Crippen molar-refractivity contribution in [3.63, 3.8) is 0 Å². The first-order valence-corrected chi connectivity index (χ1v) is 6.56. The van der Waals surface area contributed by atoms with Crippen molar-refractivity contribution in [2.45, 2.75) is 19.4 Å². The van der Waals surface area contributed by atoms with Crippen LogP contribution < -0.4 is 4.74 Å². The van der Waals surface area contributed by atoms with Gasteiger partial charge < -0.3 is 9.84 Å². The van der Waals surface area contributed by atoms with Gasteiger partial charge in [-0.05, 0) is 24.6 Å². The van der Waals surface area contributed by atoms with Crippen LogP contribution in [-0.2, 0) is 6.42 Å². The molecule has 2 aromatic rings. The van der Waals surface area contributed by atoms with Gasteiger partial charge in [0.25, 0.3) is 5.69 Å². The third kappa shape index (κ3) is 4.00. The number of hydrogen-bond acceptors (Lipinski definition) is 5. The van der Waals surface area contributed by atoms with Crippen molar-refractivity contribution >= 4 is 5.69 Å². The van der Waals surface area contributed by atoms with Gasteiger partial charge in [0.05, 0.1) is 17.6 Å². The second-order valence-electron chi connectivity index (χ2n) is 4.61. The summed E-state index contributed by atoms with van der Waals surface area (Å²) in [6.07, 6.45) is 3.30. The van der Waals surface area contributed by atoms with E-state index in [1.807, 2.05) is 12.1 Å². The molecule has 0 aliphatic heterocycles. The highest BCUT2D eigenvalue weighted by Crippen LogP contribution is 2.29. The van der Waals surface area contributed by atoms with E-state index in [1.54, 1.807) is 19.3 Å². The predicted molar refractivity (Wildman–Crippen MR) is 77.2 cm³/mol. The largest absolute Gasteiger partial charge is 0.493 e. The van der Waals surface area contributed by atoms with Gasteiger partial charge in [0.15, 0.2) is 0 Å². The molecule has 0 aliphatic rings. The van der Waals surface area contributed by atoms with Crippen LogP contribution in [0.2, 0.25) is 0 Å². The zero-order valence-corrected chi connectivity index (χ0v) is 11.6. The van der Waals surface area contributed by atoms with Crippen molar-refractivity contribution in [2.75, 3.05) is 6.61 Å². The molecule has 1 N–H and O–H groups in total. The van der Waals surface area contributed by atoms with Gasteiger partial charge in [-0.2, -0.15) is 0 Å². The van der Waals surface area contributed by atoms with Gasteiger partial charge in [0.1, 0.15) is 5.75 Å². The Morgan fingerprint density at radius 1 is 1.43 bits per heavy atom. The van der Waals surface area contributed by atoms with Crippen LogP contribution in [0.3, 0.4) is 0 Å². The van der Waals surface area contributed by atoms with E-state index >= 15 is 0 Å². The third-order valence-electron chi connectivity index (χ3n) is 3.03. The summed E-state index contributed by atoms with van der Waals surface area (Å²) in [5, 5.41) is 20.5. The van der Waals surface area contributed by atoms with Gasteiger partial charge >= 0.3 is 0 Å². The molecule has 0 aliphatic carbocycles. The highest BCUT2D eigenvalue weighted by Gasteiger charge is 2.15. The standard InChI is InChI=1S/C15H16N2O4/c1-11(18)14-9-13(17(19)20)4-5-15(14)21-8-6-12-3-2-7-16-10-12/h2-5,7,9-11,18H,6,8H2,1H3/t11-/m1/s1. The van der Waals surface area contributed by atoms with Crippen LogP contribution in [0.15, 0.2) is 42.7 Å². The maximum atomic E-state index is 10.8. The van der Waals surface area contributed by atoms with Gasteiger partial charge in [-0.15, -0.1) is 0 Å². The van der Waals surface area contributed by atoms with Crippen molar-refractivity contribution in [1.29, 1.82) is 0 Å². The van der Waals surface area contributed by atoms with Crippen LogP contribution in [0.5, 0.6) is 5.75 Å². The Labute approximate surface area is 122 Å². The number of aromatic nitrogens is 1. The predicted octanol–water partition coefficient (Wildman–Crippen LogP) is 2.66. The first kappa shape index (κ1) is 14.9. The summed E-state index contributed by atoms with van der Waals surface area (Å²) < 4.78 is 5.63. The molecule has 1 aromatic carbocycles. The van der Waals surface area contributed by atoms with E-state index in [4.69, 9.17) is 4.74 Å². The Kier molecular flexibility index (Phi) is 4.84. The van der Waals surface area contributed by atoms with Crippen molar-refractivity contribution in [1.82, 2.24) is 4.98 Å². The lowest BCUT2D eigenvalue weighted by atomic mass is 10.1. The van der Waals surface area contributed by atoms with Crippen LogP contribution in [0.4, 0.5) is 5.69 Å². The van der Waals surface area contributed by atoms with Crippen molar-refractivity contribution < 1.29 is 14.8 Å². The second kappa shape index (κ2) is 6.81. The lowest BCUT2D eigenvalue weighted by Crippen LogP contribution is -2.05. The Morgan fingerprint density at radius 2 is 2.24 bits per heavy atom. The number of aliphatic hydroxyl groups excluding tert-OH is 1. The number of nitro benzene ring substituents is 1. The smallest absolute Gasteiger partial charge is 0.270 e. The molecule has 6 nitrogen and oxygen atoms in total. The Balaban J connectivity index is 2.07. The fourth-order valence-electron chi connectivity index (χ4n) is 1.93. The Morgan fingerprint density at radius 3 is 2.86 bits per heavy atom. The van der Waals surface area contributed by atoms with Gasteiger partial charge in [-0.3, -0.25) is 15.1 Å². The fraction of sp³-hybridized carbons (Fsp3) is 0.267. The number of ether oxygens (including phenoxy) is 1. The van der Waals surface area contributed by atoms with E-state index in [0.717, 1.165) is 5.56 Å². The number of rotatable bonds is 6. The fourth-order valence-corrected chi connectivity index (χ4v) is 1.93. The molecule has 6 heteroatoms. The van der Waals surface area contributed by atoms with Gasteiger partial charge in [-0.1, -0.05) is 6.07 Å². The minimum atomic E-state index is -0.835. The first-order valence-electron chi connectivity index (χ1n) is 6.56. The normalized spacial score (nSPS) is 11.9. The van der Waals surface area contributed by atoms with Crippen LogP contribution in [-0.4, -0.2) is 21.6 Å². The summed E-state index contributed by atoms with van der Waals surface area (Å²) in [7, 11) is 0. The van der Waals surface area contributed by atoms with Crippen LogP contribution in [0.1, 0.15) is 24.2 Å². The molecule has 0 radical (unpaired) electrons. The molecule has 21 heavy (non-hydrogen) atoms. The van der Waals surface area contributed by atoms with Crippen molar-refractivity contribution in [2.24, 2.45) is 0 Å². The second-order valence-corrected chi connectivity index (χ2v) is 4.61.